The van der Waals surface area contributed by atoms with Crippen LogP contribution in [0.1, 0.15) is 0 Å². The van der Waals surface area contributed by atoms with Crippen molar-refractivity contribution in [1.82, 2.24) is 5.32 Å². The van der Waals surface area contributed by atoms with E-state index in [0.717, 1.165) is 30.5 Å². The normalized spacial score (nSPS) is 14.2. The quantitative estimate of drug-likeness (QED) is 0.686. The van der Waals surface area contributed by atoms with Gasteiger partial charge < -0.3 is 21.1 Å². The van der Waals surface area contributed by atoms with Crippen LogP contribution in [0.2, 0.25) is 0 Å². The smallest absolute Gasteiger partial charge is 0.195 e. The zero-order chi connectivity index (χ0) is 11.2. The van der Waals surface area contributed by atoms with Crippen LogP contribution < -0.4 is 21.1 Å². The molecular weight excluding hydrogens is 204 g/mol. The van der Waals surface area contributed by atoms with Crippen molar-refractivity contribution in [3.8, 4) is 5.75 Å². The zero-order valence-corrected chi connectivity index (χ0v) is 9.07. The molecule has 0 radical (unpaired) electrons. The van der Waals surface area contributed by atoms with Gasteiger partial charge in [-0.25, -0.2) is 0 Å². The minimum absolute atomic E-state index is 0.520. The van der Waals surface area contributed by atoms with Crippen molar-refractivity contribution in [1.29, 1.82) is 0 Å². The second kappa shape index (κ2) is 5.37. The van der Waals surface area contributed by atoms with Crippen LogP contribution in [0.5, 0.6) is 5.75 Å². The zero-order valence-electron chi connectivity index (χ0n) is 9.07. The summed E-state index contributed by atoms with van der Waals surface area (Å²) in [6, 6.07) is 7.74. The second-order valence-corrected chi connectivity index (χ2v) is 3.45. The molecule has 5 nitrogen and oxygen atoms in total. The summed E-state index contributed by atoms with van der Waals surface area (Å²) in [6.45, 7) is 2.77. The fourth-order valence-corrected chi connectivity index (χ4v) is 1.46. The topological polar surface area (TPSA) is 71.7 Å². The molecule has 1 aliphatic rings. The highest BCUT2D eigenvalue weighted by Gasteiger charge is 2.04. The Morgan fingerprint density at radius 3 is 3.19 bits per heavy atom. The summed E-state index contributed by atoms with van der Waals surface area (Å²) in [5.74, 6) is 1.63. The van der Waals surface area contributed by atoms with E-state index in [1.54, 1.807) is 0 Å². The van der Waals surface area contributed by atoms with Crippen LogP contribution in [0.15, 0.2) is 29.3 Å². The molecule has 0 amide bonds. The van der Waals surface area contributed by atoms with Gasteiger partial charge in [-0.3, -0.25) is 4.99 Å². The van der Waals surface area contributed by atoms with Crippen LogP contribution >= 0.6 is 0 Å². The minimum Gasteiger partial charge on any atom is -0.492 e. The number of hydrogen-bond donors (Lipinski definition) is 3. The number of nitrogens with zero attached hydrogens (tertiary/aromatic N) is 1. The van der Waals surface area contributed by atoms with Crippen molar-refractivity contribution in [2.24, 2.45) is 10.7 Å². The summed E-state index contributed by atoms with van der Waals surface area (Å²) in [5, 5.41) is 6.33. The van der Waals surface area contributed by atoms with Crippen molar-refractivity contribution in [3.63, 3.8) is 0 Å². The molecule has 0 bridgehead atoms. The highest BCUT2D eigenvalue weighted by Crippen LogP contribution is 2.17. The highest BCUT2D eigenvalue weighted by molar-refractivity contribution is 5.94. The van der Waals surface area contributed by atoms with E-state index in [1.807, 2.05) is 24.3 Å². The van der Waals surface area contributed by atoms with Gasteiger partial charge in [-0.15, -0.1) is 0 Å². The summed E-state index contributed by atoms with van der Waals surface area (Å²) in [5.41, 5.74) is 6.34. The Balaban J connectivity index is 1.98. The number of nitrogens with two attached hydrogens (primary N) is 1. The standard InChI is InChI=1S/C11H16N4O/c12-4-7-16-10-3-1-2-9(8-10)15-11-13-5-6-14-11/h1-3,8H,4-7,12H2,(H2,13,14,15). The van der Waals surface area contributed by atoms with Gasteiger partial charge in [0.15, 0.2) is 5.96 Å². The van der Waals surface area contributed by atoms with Gasteiger partial charge in [0, 0.05) is 24.8 Å². The monoisotopic (exact) mass is 220 g/mol. The molecule has 5 heteroatoms. The van der Waals surface area contributed by atoms with Gasteiger partial charge >= 0.3 is 0 Å². The lowest BCUT2D eigenvalue weighted by molar-refractivity contribution is 0.328. The summed E-state index contributed by atoms with van der Waals surface area (Å²) in [4.78, 5) is 4.26. The fourth-order valence-electron chi connectivity index (χ4n) is 1.46. The first-order chi connectivity index (χ1) is 7.88. The number of aliphatic imine (C=N–C) groups is 1. The van der Waals surface area contributed by atoms with Gasteiger partial charge in [0.05, 0.1) is 6.54 Å². The molecule has 0 aromatic heterocycles. The molecule has 0 saturated carbocycles. The number of hydrogen-bond acceptors (Lipinski definition) is 5. The van der Waals surface area contributed by atoms with Crippen LogP contribution in [0, 0.1) is 0 Å². The number of guanidine groups is 1. The first kappa shape index (κ1) is 10.8. The van der Waals surface area contributed by atoms with E-state index in [1.165, 1.54) is 0 Å². The van der Waals surface area contributed by atoms with Gasteiger partial charge in [-0.2, -0.15) is 0 Å². The van der Waals surface area contributed by atoms with E-state index in [2.05, 4.69) is 15.6 Å². The molecular formula is C11H16N4O. The molecule has 0 atom stereocenters. The van der Waals surface area contributed by atoms with E-state index in [-0.39, 0.29) is 0 Å². The van der Waals surface area contributed by atoms with Crippen molar-refractivity contribution >= 4 is 11.6 Å². The Kier molecular flexibility index (Phi) is 3.61. The molecule has 4 N–H and O–H groups in total. The van der Waals surface area contributed by atoms with Crippen LogP contribution in [-0.2, 0) is 0 Å². The number of ether oxygens (including phenoxy) is 1. The summed E-state index contributed by atoms with van der Waals surface area (Å²) in [6.07, 6.45) is 0. The summed E-state index contributed by atoms with van der Waals surface area (Å²) in [7, 11) is 0. The average molecular weight is 220 g/mol. The SMILES string of the molecule is NCCOc1cccc(NC2=NCCN2)c1. The second-order valence-electron chi connectivity index (χ2n) is 3.45. The molecule has 86 valence electrons. The maximum Gasteiger partial charge on any atom is 0.195 e. The average Bonchev–Trinajstić information content (AvgIpc) is 2.80. The third-order valence-electron chi connectivity index (χ3n) is 2.16. The molecule has 1 heterocycles. The Morgan fingerprint density at radius 2 is 2.44 bits per heavy atom. The van der Waals surface area contributed by atoms with E-state index in [0.29, 0.717) is 13.2 Å². The third-order valence-corrected chi connectivity index (χ3v) is 2.16. The molecule has 2 rings (SSSR count). The molecule has 1 aromatic rings. The van der Waals surface area contributed by atoms with E-state index >= 15 is 0 Å². The Morgan fingerprint density at radius 1 is 1.50 bits per heavy atom. The lowest BCUT2D eigenvalue weighted by Gasteiger charge is -2.09. The van der Waals surface area contributed by atoms with Gasteiger partial charge in [-0.1, -0.05) is 6.07 Å². The van der Waals surface area contributed by atoms with Crippen molar-refractivity contribution in [3.05, 3.63) is 24.3 Å². The number of anilines is 1. The van der Waals surface area contributed by atoms with Gasteiger partial charge in [-0.05, 0) is 12.1 Å². The Labute approximate surface area is 94.7 Å². The van der Waals surface area contributed by atoms with Crippen LogP contribution in [0.25, 0.3) is 0 Å². The summed E-state index contributed by atoms with van der Waals surface area (Å²) >= 11 is 0. The molecule has 16 heavy (non-hydrogen) atoms. The van der Waals surface area contributed by atoms with E-state index in [4.69, 9.17) is 10.5 Å². The van der Waals surface area contributed by atoms with Gasteiger partial charge in [0.2, 0.25) is 0 Å². The highest BCUT2D eigenvalue weighted by atomic mass is 16.5. The predicted octanol–water partition coefficient (Wildman–Crippen LogP) is 0.395. The Hall–Kier alpha value is -1.75. The number of benzene rings is 1. The number of nitrogens with one attached hydrogen (secondary N) is 2. The first-order valence-corrected chi connectivity index (χ1v) is 5.37. The Bertz CT molecular complexity index is 378. The lowest BCUT2D eigenvalue weighted by atomic mass is 10.3. The first-order valence-electron chi connectivity index (χ1n) is 5.37. The minimum atomic E-state index is 0.520. The van der Waals surface area contributed by atoms with Crippen LogP contribution in [-0.4, -0.2) is 32.2 Å². The van der Waals surface area contributed by atoms with E-state index < -0.39 is 0 Å². The molecule has 0 spiro atoms. The van der Waals surface area contributed by atoms with Crippen LogP contribution in [0.4, 0.5) is 5.69 Å². The molecule has 0 fully saturated rings. The van der Waals surface area contributed by atoms with Gasteiger partial charge in [0.1, 0.15) is 12.4 Å². The van der Waals surface area contributed by atoms with E-state index in [9.17, 15) is 0 Å². The van der Waals surface area contributed by atoms with Crippen molar-refractivity contribution in [2.45, 2.75) is 0 Å². The molecule has 1 aliphatic heterocycles. The molecule has 0 saturated heterocycles. The molecule has 0 aliphatic carbocycles. The largest absolute Gasteiger partial charge is 0.492 e. The maximum atomic E-state index is 5.44. The predicted molar refractivity (Wildman–Crippen MR) is 64.9 cm³/mol. The van der Waals surface area contributed by atoms with Crippen LogP contribution in [0.3, 0.4) is 0 Å². The maximum absolute atomic E-state index is 5.44. The summed E-state index contributed by atoms with van der Waals surface area (Å²) < 4.78 is 5.44. The van der Waals surface area contributed by atoms with Crippen molar-refractivity contribution in [2.75, 3.05) is 31.6 Å². The number of rotatable bonds is 4. The fraction of sp³-hybridized carbons (Fsp3) is 0.364. The van der Waals surface area contributed by atoms with Crippen molar-refractivity contribution < 1.29 is 4.74 Å². The molecule has 1 aromatic carbocycles. The third kappa shape index (κ3) is 2.87. The lowest BCUT2D eigenvalue weighted by Crippen LogP contribution is -2.26. The van der Waals surface area contributed by atoms with Gasteiger partial charge in [0.25, 0.3) is 0 Å². The molecule has 0 unspecified atom stereocenters.